The van der Waals surface area contributed by atoms with Gasteiger partial charge in [0.25, 0.3) is 0 Å². The molecule has 208 valence electrons. The first-order valence-corrected chi connectivity index (χ1v) is 14.9. The van der Waals surface area contributed by atoms with E-state index in [0.717, 1.165) is 52.6 Å². The molecule has 3 heteroatoms. The van der Waals surface area contributed by atoms with E-state index in [4.69, 9.17) is 9.98 Å². The Kier molecular flexibility index (Phi) is 7.37. The van der Waals surface area contributed by atoms with Crippen molar-refractivity contribution in [3.05, 3.63) is 180 Å². The van der Waals surface area contributed by atoms with Crippen LogP contribution >= 0.6 is 0 Å². The van der Waals surface area contributed by atoms with E-state index in [1.54, 1.807) is 0 Å². The van der Waals surface area contributed by atoms with Crippen molar-refractivity contribution in [2.75, 3.05) is 4.90 Å². The highest BCUT2D eigenvalue weighted by Crippen LogP contribution is 2.35. The van der Waals surface area contributed by atoms with Crippen molar-refractivity contribution in [2.24, 2.45) is 9.98 Å². The first-order chi connectivity index (χ1) is 21.2. The Morgan fingerprint density at radius 1 is 0.628 bits per heavy atom. The fraction of sp³-hybridized carbons (Fsp3) is 0.100. The Hall–Kier alpha value is -5.28. The zero-order valence-corrected chi connectivity index (χ0v) is 24.3. The third-order valence-corrected chi connectivity index (χ3v) is 8.10. The van der Waals surface area contributed by atoms with Crippen LogP contribution in [0.2, 0.25) is 0 Å². The summed E-state index contributed by atoms with van der Waals surface area (Å²) in [5.74, 6) is 0.795. The highest BCUT2D eigenvalue weighted by molar-refractivity contribution is 6.14. The molecule has 0 saturated carbocycles. The second-order valence-electron chi connectivity index (χ2n) is 11.1. The van der Waals surface area contributed by atoms with Gasteiger partial charge in [0.05, 0.1) is 11.8 Å². The van der Waals surface area contributed by atoms with Crippen molar-refractivity contribution < 1.29 is 0 Å². The number of aliphatic imine (C=N–C) groups is 2. The van der Waals surface area contributed by atoms with Crippen LogP contribution in [0.5, 0.6) is 0 Å². The van der Waals surface area contributed by atoms with Crippen LogP contribution in [0.25, 0.3) is 11.1 Å². The summed E-state index contributed by atoms with van der Waals surface area (Å²) in [6, 6.07) is 47.4. The van der Waals surface area contributed by atoms with Crippen molar-refractivity contribution >= 4 is 22.9 Å². The topological polar surface area (TPSA) is 28.0 Å². The summed E-state index contributed by atoms with van der Waals surface area (Å²) >= 11 is 0. The van der Waals surface area contributed by atoms with Crippen LogP contribution in [0.3, 0.4) is 0 Å². The third kappa shape index (κ3) is 5.75. The average molecular weight is 556 g/mol. The standard InChI is InChI=1S/C40H33N3/c1-29-13-8-9-14-30-15-10-21-35(25-30)40-41-38(31-16-4-2-5-17-31)28-39(42-40)34-20-11-18-32(26-34)33-19-12-24-37(27-33)43(29)36-22-6-3-7-23-36/h2-13,15-27,39H,14,28H2,1H3/b9-8-,29-13+. The number of allylic oxidation sites excluding steroid dienone is 4. The molecule has 1 unspecified atom stereocenters. The molecule has 0 aliphatic carbocycles. The van der Waals surface area contributed by atoms with Gasteiger partial charge in [-0.1, -0.05) is 109 Å². The van der Waals surface area contributed by atoms with E-state index in [1.807, 2.05) is 0 Å². The lowest BCUT2D eigenvalue weighted by Crippen LogP contribution is -2.17. The van der Waals surface area contributed by atoms with Gasteiger partial charge in [-0.25, -0.2) is 4.99 Å². The van der Waals surface area contributed by atoms with Crippen LogP contribution in [0.15, 0.2) is 167 Å². The molecule has 0 saturated heterocycles. The number of para-hydroxylation sites is 1. The van der Waals surface area contributed by atoms with E-state index in [2.05, 4.69) is 164 Å². The Balaban J connectivity index is 1.39. The second-order valence-corrected chi connectivity index (χ2v) is 11.1. The smallest absolute Gasteiger partial charge is 0.155 e. The fourth-order valence-corrected chi connectivity index (χ4v) is 5.93. The van der Waals surface area contributed by atoms with Gasteiger partial charge in [-0.3, -0.25) is 4.99 Å². The van der Waals surface area contributed by atoms with Gasteiger partial charge in [0.15, 0.2) is 5.84 Å². The number of anilines is 2. The van der Waals surface area contributed by atoms with Crippen LogP contribution in [0.1, 0.15) is 41.6 Å². The minimum absolute atomic E-state index is 0.0285. The minimum Gasteiger partial charge on any atom is -0.314 e. The molecule has 7 rings (SSSR count). The van der Waals surface area contributed by atoms with Gasteiger partial charge < -0.3 is 4.90 Å². The zero-order chi connectivity index (χ0) is 29.0. The summed E-state index contributed by atoms with van der Waals surface area (Å²) in [6.45, 7) is 2.17. The van der Waals surface area contributed by atoms with E-state index >= 15 is 0 Å². The monoisotopic (exact) mass is 555 g/mol. The van der Waals surface area contributed by atoms with Gasteiger partial charge in [0, 0.05) is 29.1 Å². The van der Waals surface area contributed by atoms with E-state index in [-0.39, 0.29) is 6.04 Å². The average Bonchev–Trinajstić information content (AvgIpc) is 3.07. The Labute approximate surface area is 253 Å². The van der Waals surface area contributed by atoms with Crippen molar-refractivity contribution in [3.8, 4) is 11.1 Å². The maximum absolute atomic E-state index is 5.25. The molecule has 0 aromatic heterocycles. The molecular weight excluding hydrogens is 522 g/mol. The van der Waals surface area contributed by atoms with Gasteiger partial charge >= 0.3 is 0 Å². The van der Waals surface area contributed by atoms with E-state index in [1.165, 1.54) is 22.3 Å². The maximum atomic E-state index is 5.25. The van der Waals surface area contributed by atoms with Crippen molar-refractivity contribution in [1.29, 1.82) is 0 Å². The lowest BCUT2D eigenvalue weighted by molar-refractivity contribution is 0.754. The fourth-order valence-electron chi connectivity index (χ4n) is 5.93. The summed E-state index contributed by atoms with van der Waals surface area (Å²) in [7, 11) is 0. The molecule has 0 fully saturated rings. The van der Waals surface area contributed by atoms with Crippen molar-refractivity contribution in [2.45, 2.75) is 25.8 Å². The molecule has 1 atom stereocenters. The molecule has 2 aliphatic rings. The number of amidine groups is 1. The molecule has 5 aromatic rings. The minimum atomic E-state index is -0.0285. The van der Waals surface area contributed by atoms with Crippen LogP contribution in [-0.2, 0) is 6.42 Å². The molecule has 2 aliphatic heterocycles. The molecule has 5 aromatic carbocycles. The molecule has 43 heavy (non-hydrogen) atoms. The Bertz CT molecular complexity index is 1880. The number of fused-ring (bicyclic) bond motifs is 10. The predicted octanol–water partition coefficient (Wildman–Crippen LogP) is 9.89. The lowest BCUT2D eigenvalue weighted by Gasteiger charge is -2.26. The summed E-state index contributed by atoms with van der Waals surface area (Å²) < 4.78 is 0. The molecule has 0 spiro atoms. The number of benzene rings is 5. The molecule has 3 nitrogen and oxygen atoms in total. The van der Waals surface area contributed by atoms with E-state index in [9.17, 15) is 0 Å². The zero-order valence-electron chi connectivity index (χ0n) is 24.3. The van der Waals surface area contributed by atoms with Gasteiger partial charge in [-0.05, 0) is 83.6 Å². The van der Waals surface area contributed by atoms with Gasteiger partial charge in [-0.2, -0.15) is 0 Å². The SMILES string of the molecule is C/C1=C\C=C/Cc2cccc(c2)C2=NC(CC(c3ccccc3)=N2)c2cccc(c2)-c2cccc(c2)N1c1ccccc1. The summed E-state index contributed by atoms with van der Waals surface area (Å²) in [5.41, 5.74) is 11.5. The first-order valence-electron chi connectivity index (χ1n) is 14.9. The van der Waals surface area contributed by atoms with Gasteiger partial charge in [-0.15, -0.1) is 0 Å². The number of hydrogen-bond donors (Lipinski definition) is 0. The van der Waals surface area contributed by atoms with Crippen molar-refractivity contribution in [1.82, 2.24) is 0 Å². The lowest BCUT2D eigenvalue weighted by atomic mass is 9.93. The van der Waals surface area contributed by atoms with Crippen molar-refractivity contribution in [3.63, 3.8) is 0 Å². The first kappa shape index (κ1) is 26.6. The molecule has 2 heterocycles. The maximum Gasteiger partial charge on any atom is 0.155 e. The molecule has 8 bridgehead atoms. The van der Waals surface area contributed by atoms with Gasteiger partial charge in [0.1, 0.15) is 0 Å². The number of hydrogen-bond acceptors (Lipinski definition) is 3. The van der Waals surface area contributed by atoms with Crippen LogP contribution in [0, 0.1) is 0 Å². The summed E-state index contributed by atoms with van der Waals surface area (Å²) in [6.07, 6.45) is 8.16. The summed E-state index contributed by atoms with van der Waals surface area (Å²) in [4.78, 5) is 12.7. The third-order valence-electron chi connectivity index (χ3n) is 8.10. The normalized spacial score (nSPS) is 18.3. The van der Waals surface area contributed by atoms with Crippen LogP contribution in [-0.4, -0.2) is 11.5 Å². The number of rotatable bonds is 2. The highest BCUT2D eigenvalue weighted by Gasteiger charge is 2.23. The molecule has 0 N–H and O–H groups in total. The largest absolute Gasteiger partial charge is 0.314 e. The molecular formula is C40H33N3. The summed E-state index contributed by atoms with van der Waals surface area (Å²) in [5, 5.41) is 0. The predicted molar refractivity (Wildman–Crippen MR) is 180 cm³/mol. The second kappa shape index (κ2) is 11.9. The number of nitrogens with zero attached hydrogens (tertiary/aromatic N) is 3. The Morgan fingerprint density at radius 3 is 2.14 bits per heavy atom. The molecule has 0 radical (unpaired) electrons. The quantitative estimate of drug-likeness (QED) is 0.213. The van der Waals surface area contributed by atoms with E-state index < -0.39 is 0 Å². The van der Waals surface area contributed by atoms with Gasteiger partial charge in [0.2, 0.25) is 0 Å². The molecule has 0 amide bonds. The van der Waals surface area contributed by atoms with Crippen LogP contribution in [0.4, 0.5) is 11.4 Å². The highest BCUT2D eigenvalue weighted by atomic mass is 15.1. The Morgan fingerprint density at radius 2 is 1.30 bits per heavy atom. The van der Waals surface area contributed by atoms with Crippen LogP contribution < -0.4 is 4.90 Å². The van der Waals surface area contributed by atoms with E-state index in [0.29, 0.717) is 0 Å².